The lowest BCUT2D eigenvalue weighted by Gasteiger charge is -2.34. The molecule has 122 valence electrons. The molecule has 1 saturated carbocycles. The number of hydrogen-bond donors (Lipinski definition) is 1. The minimum absolute atomic E-state index is 0.239. The van der Waals surface area contributed by atoms with Crippen molar-refractivity contribution in [2.24, 2.45) is 5.92 Å². The van der Waals surface area contributed by atoms with Crippen molar-refractivity contribution in [2.45, 2.75) is 51.1 Å². The largest absolute Gasteiger partial charge is 0.317 e. The summed E-state index contributed by atoms with van der Waals surface area (Å²) < 4.78 is 28.0. The fraction of sp³-hybridized carbons (Fsp3) is 0.667. The van der Waals surface area contributed by atoms with Crippen molar-refractivity contribution < 1.29 is 8.78 Å². The molecule has 0 aromatic heterocycles. The van der Waals surface area contributed by atoms with Gasteiger partial charge in [0, 0.05) is 24.7 Å². The van der Waals surface area contributed by atoms with E-state index in [2.05, 4.69) is 10.2 Å². The normalized spacial score (nSPS) is 20.9. The van der Waals surface area contributed by atoms with E-state index in [1.165, 1.54) is 56.7 Å². The Kier molecular flexibility index (Phi) is 5.42. The topological polar surface area (TPSA) is 15.3 Å². The van der Waals surface area contributed by atoms with E-state index in [1.54, 1.807) is 0 Å². The van der Waals surface area contributed by atoms with E-state index in [4.69, 9.17) is 0 Å². The fourth-order valence-corrected chi connectivity index (χ4v) is 3.89. The van der Waals surface area contributed by atoms with Crippen LogP contribution in [-0.4, -0.2) is 30.6 Å². The molecular formula is C18H26F2N2. The van der Waals surface area contributed by atoms with Crippen LogP contribution in [0.5, 0.6) is 0 Å². The predicted molar refractivity (Wildman–Crippen MR) is 84.6 cm³/mol. The second kappa shape index (κ2) is 7.51. The molecular weight excluding hydrogens is 282 g/mol. The Labute approximate surface area is 131 Å². The zero-order valence-corrected chi connectivity index (χ0v) is 13.2. The first-order valence-electron chi connectivity index (χ1n) is 8.61. The minimum Gasteiger partial charge on any atom is -0.317 e. The minimum atomic E-state index is -0.409. The summed E-state index contributed by atoms with van der Waals surface area (Å²) in [6.45, 7) is 3.52. The first kappa shape index (κ1) is 15.9. The molecule has 0 spiro atoms. The van der Waals surface area contributed by atoms with E-state index in [0.717, 1.165) is 19.6 Å². The summed E-state index contributed by atoms with van der Waals surface area (Å²) in [4.78, 5) is 2.35. The molecule has 3 rings (SSSR count). The van der Waals surface area contributed by atoms with Crippen molar-refractivity contribution in [3.05, 3.63) is 35.4 Å². The summed E-state index contributed by atoms with van der Waals surface area (Å²) in [5, 5.41) is 3.39. The van der Waals surface area contributed by atoms with E-state index < -0.39 is 11.6 Å². The average molecular weight is 308 g/mol. The lowest BCUT2D eigenvalue weighted by Crippen LogP contribution is -2.40. The van der Waals surface area contributed by atoms with Crippen LogP contribution in [0.1, 0.15) is 44.1 Å². The molecule has 0 unspecified atom stereocenters. The number of benzene rings is 1. The SMILES string of the molecule is Fc1cccc(F)c1CN(CC1CCNCC1)C1CCCC1. The Morgan fingerprint density at radius 2 is 1.64 bits per heavy atom. The molecule has 0 atom stereocenters. The van der Waals surface area contributed by atoms with Gasteiger partial charge in [-0.25, -0.2) is 8.78 Å². The van der Waals surface area contributed by atoms with Crippen LogP contribution < -0.4 is 5.32 Å². The Balaban J connectivity index is 1.72. The maximum Gasteiger partial charge on any atom is 0.130 e. The monoisotopic (exact) mass is 308 g/mol. The van der Waals surface area contributed by atoms with Gasteiger partial charge in [0.15, 0.2) is 0 Å². The van der Waals surface area contributed by atoms with Gasteiger partial charge in [0.1, 0.15) is 11.6 Å². The van der Waals surface area contributed by atoms with Crippen molar-refractivity contribution >= 4 is 0 Å². The van der Waals surface area contributed by atoms with Gasteiger partial charge in [-0.1, -0.05) is 18.9 Å². The van der Waals surface area contributed by atoms with Gasteiger partial charge < -0.3 is 5.32 Å². The molecule has 4 heteroatoms. The second-order valence-electron chi connectivity index (χ2n) is 6.76. The lowest BCUT2D eigenvalue weighted by atomic mass is 9.96. The summed E-state index contributed by atoms with van der Waals surface area (Å²) in [7, 11) is 0. The highest BCUT2D eigenvalue weighted by Gasteiger charge is 2.27. The van der Waals surface area contributed by atoms with Gasteiger partial charge in [-0.2, -0.15) is 0 Å². The fourth-order valence-electron chi connectivity index (χ4n) is 3.89. The van der Waals surface area contributed by atoms with Crippen LogP contribution in [0.15, 0.2) is 18.2 Å². The molecule has 0 bridgehead atoms. The molecule has 22 heavy (non-hydrogen) atoms. The van der Waals surface area contributed by atoms with Crippen LogP contribution in [0, 0.1) is 17.6 Å². The summed E-state index contributed by atoms with van der Waals surface area (Å²) in [5.41, 5.74) is 0.239. The average Bonchev–Trinajstić information content (AvgIpc) is 3.05. The highest BCUT2D eigenvalue weighted by Crippen LogP contribution is 2.28. The first-order chi connectivity index (χ1) is 10.7. The summed E-state index contributed by atoms with van der Waals surface area (Å²) in [5.74, 6) is -0.168. The van der Waals surface area contributed by atoms with E-state index in [9.17, 15) is 8.78 Å². The molecule has 1 aromatic rings. The molecule has 1 N–H and O–H groups in total. The van der Waals surface area contributed by atoms with Crippen LogP contribution in [0.25, 0.3) is 0 Å². The van der Waals surface area contributed by atoms with Crippen molar-refractivity contribution in [1.82, 2.24) is 10.2 Å². The number of nitrogens with zero attached hydrogens (tertiary/aromatic N) is 1. The van der Waals surface area contributed by atoms with Gasteiger partial charge >= 0.3 is 0 Å². The molecule has 2 nitrogen and oxygen atoms in total. The Bertz CT molecular complexity index is 460. The van der Waals surface area contributed by atoms with Crippen LogP contribution in [0.2, 0.25) is 0 Å². The third-order valence-electron chi connectivity index (χ3n) is 5.22. The molecule has 1 heterocycles. The molecule has 1 aliphatic carbocycles. The van der Waals surface area contributed by atoms with Gasteiger partial charge in [-0.3, -0.25) is 4.90 Å². The molecule has 1 aromatic carbocycles. The zero-order chi connectivity index (χ0) is 15.4. The van der Waals surface area contributed by atoms with Crippen molar-refractivity contribution in [2.75, 3.05) is 19.6 Å². The summed E-state index contributed by atoms with van der Waals surface area (Å²) >= 11 is 0. The van der Waals surface area contributed by atoms with Gasteiger partial charge in [0.2, 0.25) is 0 Å². The Morgan fingerprint density at radius 3 is 2.27 bits per heavy atom. The van der Waals surface area contributed by atoms with E-state index in [0.29, 0.717) is 18.5 Å². The van der Waals surface area contributed by atoms with Crippen LogP contribution >= 0.6 is 0 Å². The number of halogens is 2. The first-order valence-corrected chi connectivity index (χ1v) is 8.61. The Morgan fingerprint density at radius 1 is 1.00 bits per heavy atom. The molecule has 2 fully saturated rings. The van der Waals surface area contributed by atoms with Crippen molar-refractivity contribution in [3.8, 4) is 0 Å². The van der Waals surface area contributed by atoms with Gasteiger partial charge in [0.05, 0.1) is 0 Å². The van der Waals surface area contributed by atoms with Crippen molar-refractivity contribution in [3.63, 3.8) is 0 Å². The van der Waals surface area contributed by atoms with Crippen molar-refractivity contribution in [1.29, 1.82) is 0 Å². The van der Waals surface area contributed by atoms with Gasteiger partial charge in [-0.05, 0) is 56.8 Å². The molecule has 2 aliphatic rings. The predicted octanol–water partition coefficient (Wildman–Crippen LogP) is 3.71. The van der Waals surface area contributed by atoms with Crippen LogP contribution in [0.4, 0.5) is 8.78 Å². The number of piperidine rings is 1. The molecule has 1 aliphatic heterocycles. The molecule has 1 saturated heterocycles. The second-order valence-corrected chi connectivity index (χ2v) is 6.76. The third kappa shape index (κ3) is 3.85. The molecule has 0 amide bonds. The number of nitrogens with one attached hydrogen (secondary N) is 1. The van der Waals surface area contributed by atoms with E-state index >= 15 is 0 Å². The van der Waals surface area contributed by atoms with E-state index in [-0.39, 0.29) is 5.56 Å². The maximum atomic E-state index is 14.0. The molecule has 0 radical (unpaired) electrons. The third-order valence-corrected chi connectivity index (χ3v) is 5.22. The highest BCUT2D eigenvalue weighted by atomic mass is 19.1. The quantitative estimate of drug-likeness (QED) is 0.892. The maximum absolute atomic E-state index is 14.0. The highest BCUT2D eigenvalue weighted by molar-refractivity contribution is 5.19. The van der Waals surface area contributed by atoms with Crippen LogP contribution in [0.3, 0.4) is 0 Å². The smallest absolute Gasteiger partial charge is 0.130 e. The summed E-state index contributed by atoms with van der Waals surface area (Å²) in [6.07, 6.45) is 7.16. The number of hydrogen-bond acceptors (Lipinski definition) is 2. The van der Waals surface area contributed by atoms with Crippen LogP contribution in [-0.2, 0) is 6.54 Å². The lowest BCUT2D eigenvalue weighted by molar-refractivity contribution is 0.142. The Hall–Kier alpha value is -1.00. The van der Waals surface area contributed by atoms with E-state index in [1.807, 2.05) is 0 Å². The number of rotatable bonds is 5. The summed E-state index contributed by atoms with van der Waals surface area (Å²) in [6, 6.07) is 4.68. The van der Waals surface area contributed by atoms with Gasteiger partial charge in [0.25, 0.3) is 0 Å². The zero-order valence-electron chi connectivity index (χ0n) is 13.2. The standard InChI is InChI=1S/C18H26F2N2/c19-17-6-3-7-18(20)16(17)13-22(15-4-1-2-5-15)12-14-8-10-21-11-9-14/h3,6-7,14-15,21H,1-2,4-5,8-13H2. The van der Waals surface area contributed by atoms with Gasteiger partial charge in [-0.15, -0.1) is 0 Å².